The van der Waals surface area contributed by atoms with Gasteiger partial charge in [0.1, 0.15) is 5.75 Å². The van der Waals surface area contributed by atoms with E-state index in [1.54, 1.807) is 12.1 Å². The molecule has 0 spiro atoms. The number of carbonyl (C=O) groups is 3. The number of nitrogens with zero attached hydrogens (tertiary/aromatic N) is 2. The third-order valence-electron chi connectivity index (χ3n) is 4.40. The molecule has 0 atom stereocenters. The first-order chi connectivity index (χ1) is 16.7. The summed E-state index contributed by atoms with van der Waals surface area (Å²) in [5.74, 6) is -1.73. The number of non-ortho nitro benzene ring substituents is 1. The van der Waals surface area contributed by atoms with E-state index in [1.165, 1.54) is 60.8 Å². The molecule has 0 heterocycles. The van der Waals surface area contributed by atoms with Gasteiger partial charge in [-0.2, -0.15) is 5.10 Å². The number of halogens is 2. The SMILES string of the molecule is O=C(CNC(=O)c1ccc(Cl)cc1)N/N=C\c1cc(Cl)ccc1OC(=O)c1ccc([N+](=O)[O-])cc1. The number of benzene rings is 3. The first kappa shape index (κ1) is 25.3. The number of nitrogens with one attached hydrogen (secondary N) is 2. The van der Waals surface area contributed by atoms with Gasteiger partial charge in [-0.1, -0.05) is 23.2 Å². The number of rotatable bonds is 8. The minimum absolute atomic E-state index is 0.0896. The summed E-state index contributed by atoms with van der Waals surface area (Å²) in [5, 5.41) is 17.8. The quantitative estimate of drug-likeness (QED) is 0.153. The topological polar surface area (TPSA) is 140 Å². The van der Waals surface area contributed by atoms with Crippen LogP contribution >= 0.6 is 23.2 Å². The van der Waals surface area contributed by atoms with Gasteiger partial charge in [0.25, 0.3) is 17.5 Å². The Kier molecular flexibility index (Phi) is 8.49. The average Bonchev–Trinajstić information content (AvgIpc) is 2.84. The van der Waals surface area contributed by atoms with Gasteiger partial charge in [-0.3, -0.25) is 19.7 Å². The van der Waals surface area contributed by atoms with Crippen molar-refractivity contribution >= 4 is 52.9 Å². The Hall–Kier alpha value is -4.28. The van der Waals surface area contributed by atoms with Gasteiger partial charge in [-0.25, -0.2) is 10.2 Å². The molecule has 3 rings (SSSR count). The van der Waals surface area contributed by atoms with E-state index < -0.39 is 22.7 Å². The molecule has 0 aliphatic heterocycles. The average molecular weight is 515 g/mol. The van der Waals surface area contributed by atoms with Gasteiger partial charge >= 0.3 is 5.97 Å². The monoisotopic (exact) mass is 514 g/mol. The first-order valence-corrected chi connectivity index (χ1v) is 10.6. The van der Waals surface area contributed by atoms with Crippen LogP contribution in [0.25, 0.3) is 0 Å². The van der Waals surface area contributed by atoms with Crippen LogP contribution in [0.5, 0.6) is 5.75 Å². The number of ether oxygens (including phenoxy) is 1. The third kappa shape index (κ3) is 7.36. The van der Waals surface area contributed by atoms with Crippen LogP contribution in [0.2, 0.25) is 10.0 Å². The number of esters is 1. The van der Waals surface area contributed by atoms with Crippen molar-refractivity contribution in [3.8, 4) is 5.75 Å². The van der Waals surface area contributed by atoms with Crippen molar-refractivity contribution in [1.29, 1.82) is 0 Å². The standard InChI is InChI=1S/C23H16Cl2N4O6/c24-17-5-1-14(2-6-17)22(31)26-13-21(30)28-27-12-16-11-18(25)7-10-20(16)35-23(32)15-3-8-19(9-4-15)29(33)34/h1-12H,13H2,(H,26,31)(H,28,30)/b27-12-. The third-order valence-corrected chi connectivity index (χ3v) is 4.88. The van der Waals surface area contributed by atoms with E-state index in [9.17, 15) is 24.5 Å². The van der Waals surface area contributed by atoms with Crippen LogP contribution in [-0.4, -0.2) is 35.5 Å². The molecule has 0 bridgehead atoms. The smallest absolute Gasteiger partial charge is 0.343 e. The van der Waals surface area contributed by atoms with Crippen molar-refractivity contribution in [1.82, 2.24) is 10.7 Å². The zero-order valence-corrected chi connectivity index (χ0v) is 19.2. The summed E-state index contributed by atoms with van der Waals surface area (Å²) >= 11 is 11.8. The van der Waals surface area contributed by atoms with Gasteiger partial charge in [-0.15, -0.1) is 0 Å². The van der Waals surface area contributed by atoms with E-state index in [4.69, 9.17) is 27.9 Å². The molecule has 0 fully saturated rings. The van der Waals surface area contributed by atoms with Crippen molar-refractivity contribution in [2.45, 2.75) is 0 Å². The number of nitro groups is 1. The Morgan fingerprint density at radius 3 is 2.23 bits per heavy atom. The second-order valence-corrected chi connectivity index (χ2v) is 7.73. The van der Waals surface area contributed by atoms with Crippen LogP contribution in [0.15, 0.2) is 71.8 Å². The molecule has 35 heavy (non-hydrogen) atoms. The Labute approximate surface area is 208 Å². The zero-order valence-electron chi connectivity index (χ0n) is 17.7. The summed E-state index contributed by atoms with van der Waals surface area (Å²) in [5.41, 5.74) is 2.79. The highest BCUT2D eigenvalue weighted by Crippen LogP contribution is 2.23. The lowest BCUT2D eigenvalue weighted by atomic mass is 10.2. The molecule has 0 radical (unpaired) electrons. The fraction of sp³-hybridized carbons (Fsp3) is 0.0435. The van der Waals surface area contributed by atoms with Gasteiger partial charge in [0, 0.05) is 33.3 Å². The fourth-order valence-corrected chi connectivity index (χ4v) is 2.97. The highest BCUT2D eigenvalue weighted by atomic mass is 35.5. The van der Waals surface area contributed by atoms with Crippen molar-refractivity contribution in [2.75, 3.05) is 6.54 Å². The van der Waals surface area contributed by atoms with E-state index in [0.717, 1.165) is 0 Å². The van der Waals surface area contributed by atoms with Crippen molar-refractivity contribution in [2.24, 2.45) is 5.10 Å². The summed E-state index contributed by atoms with van der Waals surface area (Å²) in [6.45, 7) is -0.337. The number of hydrogen-bond donors (Lipinski definition) is 2. The molecular formula is C23H16Cl2N4O6. The van der Waals surface area contributed by atoms with Gasteiger partial charge in [-0.05, 0) is 54.6 Å². The summed E-state index contributed by atoms with van der Waals surface area (Å²) in [6.07, 6.45) is 1.21. The number of amides is 2. The molecule has 178 valence electrons. The molecule has 2 N–H and O–H groups in total. The molecule has 12 heteroatoms. The predicted octanol–water partition coefficient (Wildman–Crippen LogP) is 4.00. The van der Waals surface area contributed by atoms with Gasteiger partial charge in [0.15, 0.2) is 0 Å². The van der Waals surface area contributed by atoms with Crippen molar-refractivity contribution in [3.63, 3.8) is 0 Å². The highest BCUT2D eigenvalue weighted by molar-refractivity contribution is 6.31. The maximum absolute atomic E-state index is 12.4. The molecule has 2 amide bonds. The first-order valence-electron chi connectivity index (χ1n) is 9.85. The Balaban J connectivity index is 1.59. The maximum Gasteiger partial charge on any atom is 0.343 e. The molecule has 0 unspecified atom stereocenters. The fourth-order valence-electron chi connectivity index (χ4n) is 2.67. The van der Waals surface area contributed by atoms with Crippen LogP contribution in [0.4, 0.5) is 5.69 Å². The molecule has 0 aliphatic carbocycles. The van der Waals surface area contributed by atoms with Crippen LogP contribution in [-0.2, 0) is 4.79 Å². The second-order valence-electron chi connectivity index (χ2n) is 6.86. The summed E-state index contributed by atoms with van der Waals surface area (Å²) < 4.78 is 5.34. The Morgan fingerprint density at radius 2 is 1.57 bits per heavy atom. The highest BCUT2D eigenvalue weighted by Gasteiger charge is 2.14. The molecule has 10 nitrogen and oxygen atoms in total. The predicted molar refractivity (Wildman–Crippen MR) is 129 cm³/mol. The van der Waals surface area contributed by atoms with Crippen LogP contribution < -0.4 is 15.5 Å². The lowest BCUT2D eigenvalue weighted by molar-refractivity contribution is -0.384. The molecular weight excluding hydrogens is 499 g/mol. The Bertz CT molecular complexity index is 1290. The molecule has 0 aromatic heterocycles. The lowest BCUT2D eigenvalue weighted by Gasteiger charge is -2.08. The van der Waals surface area contributed by atoms with E-state index >= 15 is 0 Å². The number of nitro benzene ring substituents is 1. The number of hydrazone groups is 1. The minimum Gasteiger partial charge on any atom is -0.422 e. The summed E-state index contributed by atoms with van der Waals surface area (Å²) in [4.78, 5) is 46.6. The van der Waals surface area contributed by atoms with Gasteiger partial charge < -0.3 is 10.1 Å². The van der Waals surface area contributed by atoms with Crippen LogP contribution in [0.3, 0.4) is 0 Å². The van der Waals surface area contributed by atoms with E-state index in [1.807, 2.05) is 0 Å². The summed E-state index contributed by atoms with van der Waals surface area (Å²) in [6, 6.07) is 15.4. The van der Waals surface area contributed by atoms with Crippen molar-refractivity contribution in [3.05, 3.63) is 104 Å². The number of carbonyl (C=O) groups excluding carboxylic acids is 3. The van der Waals surface area contributed by atoms with Crippen LogP contribution in [0, 0.1) is 10.1 Å². The molecule has 3 aromatic rings. The summed E-state index contributed by atoms with van der Waals surface area (Å²) in [7, 11) is 0. The lowest BCUT2D eigenvalue weighted by Crippen LogP contribution is -2.34. The van der Waals surface area contributed by atoms with Gasteiger partial charge in [0.05, 0.1) is 23.2 Å². The minimum atomic E-state index is -0.759. The van der Waals surface area contributed by atoms with E-state index in [0.29, 0.717) is 15.6 Å². The molecule has 0 saturated heterocycles. The zero-order chi connectivity index (χ0) is 25.4. The number of hydrogen-bond acceptors (Lipinski definition) is 7. The molecule has 0 saturated carbocycles. The molecule has 3 aromatic carbocycles. The van der Waals surface area contributed by atoms with Gasteiger partial charge in [0.2, 0.25) is 0 Å². The largest absolute Gasteiger partial charge is 0.422 e. The van der Waals surface area contributed by atoms with E-state index in [2.05, 4.69) is 15.8 Å². The van der Waals surface area contributed by atoms with E-state index in [-0.39, 0.29) is 29.1 Å². The second kappa shape index (κ2) is 11.7. The molecule has 0 aliphatic rings. The normalized spacial score (nSPS) is 10.6. The maximum atomic E-state index is 12.4. The van der Waals surface area contributed by atoms with Crippen molar-refractivity contribution < 1.29 is 24.0 Å². The van der Waals surface area contributed by atoms with Crippen LogP contribution in [0.1, 0.15) is 26.3 Å². The Morgan fingerprint density at radius 1 is 0.943 bits per heavy atom.